The molecule has 17 heavy (non-hydrogen) atoms. The first-order chi connectivity index (χ1) is 7.90. The molecule has 2 amide bonds. The lowest BCUT2D eigenvalue weighted by atomic mass is 10.3. The molecule has 0 fully saturated rings. The third kappa shape index (κ3) is 3.61. The second-order valence-corrected chi connectivity index (χ2v) is 3.30. The molecule has 0 spiro atoms. The number of carbonyl (C=O) groups is 1. The van der Waals surface area contributed by atoms with E-state index in [9.17, 15) is 14.9 Å². The Balaban J connectivity index is 2.88. The van der Waals surface area contributed by atoms with Crippen LogP contribution < -0.4 is 16.8 Å². The zero-order chi connectivity index (χ0) is 13.0. The molecule has 0 unspecified atom stereocenters. The summed E-state index contributed by atoms with van der Waals surface area (Å²) in [6.07, 6.45) is 0. The van der Waals surface area contributed by atoms with E-state index in [1.54, 1.807) is 0 Å². The number of hydrogen-bond donors (Lipinski definition) is 3. The van der Waals surface area contributed by atoms with Crippen molar-refractivity contribution >= 4 is 35.0 Å². The number of aliphatic imine (C=N–C) groups is 1. The summed E-state index contributed by atoms with van der Waals surface area (Å²) in [6.45, 7) is 0. The number of guanidine groups is 1. The van der Waals surface area contributed by atoms with Gasteiger partial charge < -0.3 is 16.8 Å². The summed E-state index contributed by atoms with van der Waals surface area (Å²) in [5.41, 5.74) is 9.97. The van der Waals surface area contributed by atoms with Gasteiger partial charge in [0.1, 0.15) is 5.02 Å². The highest BCUT2D eigenvalue weighted by atomic mass is 35.5. The Morgan fingerprint density at radius 1 is 1.47 bits per heavy atom. The van der Waals surface area contributed by atoms with E-state index in [0.717, 1.165) is 6.07 Å². The molecule has 0 bridgehead atoms. The molecule has 8 nitrogen and oxygen atoms in total. The molecule has 0 radical (unpaired) electrons. The van der Waals surface area contributed by atoms with Crippen molar-refractivity contribution in [3.8, 4) is 0 Å². The normalized spacial score (nSPS) is 9.47. The predicted molar refractivity (Wildman–Crippen MR) is 62.9 cm³/mol. The molecule has 0 heterocycles. The highest BCUT2D eigenvalue weighted by molar-refractivity contribution is 6.33. The SMILES string of the molecule is NC(N)=NC(=O)Nc1ccc([N+](=O)[O-])c(Cl)c1. The van der Waals surface area contributed by atoms with Crippen LogP contribution in [0.1, 0.15) is 0 Å². The number of nitro groups is 1. The maximum atomic E-state index is 11.1. The van der Waals surface area contributed by atoms with Gasteiger partial charge in [-0.05, 0) is 12.1 Å². The smallest absolute Gasteiger partial charge is 0.348 e. The van der Waals surface area contributed by atoms with Gasteiger partial charge in [-0.3, -0.25) is 10.1 Å². The average Bonchev–Trinajstić information content (AvgIpc) is 2.15. The molecule has 0 aliphatic heterocycles. The quantitative estimate of drug-likeness (QED) is 0.315. The first kappa shape index (κ1) is 12.7. The maximum Gasteiger partial charge on any atom is 0.348 e. The average molecular weight is 258 g/mol. The zero-order valence-electron chi connectivity index (χ0n) is 8.38. The molecule has 0 atom stereocenters. The van der Waals surface area contributed by atoms with Gasteiger partial charge in [0.25, 0.3) is 5.69 Å². The number of halogens is 1. The first-order valence-corrected chi connectivity index (χ1v) is 4.62. The fourth-order valence-electron chi connectivity index (χ4n) is 1.00. The van der Waals surface area contributed by atoms with Crippen LogP contribution in [0.4, 0.5) is 16.2 Å². The summed E-state index contributed by atoms with van der Waals surface area (Å²) in [6, 6.07) is 2.90. The van der Waals surface area contributed by atoms with Crippen LogP contribution in [0.15, 0.2) is 23.2 Å². The molecular weight excluding hydrogens is 250 g/mol. The molecule has 1 aromatic rings. The summed E-state index contributed by atoms with van der Waals surface area (Å²) in [5, 5.41) is 12.7. The summed E-state index contributed by atoms with van der Waals surface area (Å²) in [5.74, 6) is -0.393. The second-order valence-electron chi connectivity index (χ2n) is 2.89. The number of urea groups is 1. The van der Waals surface area contributed by atoms with Gasteiger partial charge in [0.15, 0.2) is 5.96 Å². The van der Waals surface area contributed by atoms with Crippen LogP contribution in [0.2, 0.25) is 5.02 Å². The molecule has 9 heteroatoms. The van der Waals surface area contributed by atoms with E-state index in [-0.39, 0.29) is 16.4 Å². The minimum atomic E-state index is -0.796. The molecule has 1 aromatic carbocycles. The first-order valence-electron chi connectivity index (χ1n) is 4.24. The summed E-state index contributed by atoms with van der Waals surface area (Å²) < 4.78 is 0. The van der Waals surface area contributed by atoms with Gasteiger partial charge in [0.05, 0.1) is 4.92 Å². The monoisotopic (exact) mass is 257 g/mol. The number of benzene rings is 1. The number of hydrogen-bond acceptors (Lipinski definition) is 3. The maximum absolute atomic E-state index is 11.1. The van der Waals surface area contributed by atoms with Gasteiger partial charge >= 0.3 is 6.03 Å². The van der Waals surface area contributed by atoms with E-state index in [2.05, 4.69) is 10.3 Å². The van der Waals surface area contributed by atoms with Crippen LogP contribution in [-0.4, -0.2) is 16.9 Å². The van der Waals surface area contributed by atoms with E-state index >= 15 is 0 Å². The Labute approximate surface area is 100 Å². The Hall–Kier alpha value is -2.35. The van der Waals surface area contributed by atoms with Crippen molar-refractivity contribution in [3.63, 3.8) is 0 Å². The van der Waals surface area contributed by atoms with E-state index in [1.807, 2.05) is 0 Å². The third-order valence-corrected chi connectivity index (χ3v) is 1.93. The van der Waals surface area contributed by atoms with E-state index in [4.69, 9.17) is 23.1 Å². The van der Waals surface area contributed by atoms with E-state index < -0.39 is 16.9 Å². The lowest BCUT2D eigenvalue weighted by Gasteiger charge is -2.02. The van der Waals surface area contributed by atoms with Crippen LogP contribution >= 0.6 is 11.6 Å². The van der Waals surface area contributed by atoms with Crippen LogP contribution in [0, 0.1) is 10.1 Å². The van der Waals surface area contributed by atoms with Crippen LogP contribution in [0.3, 0.4) is 0 Å². The van der Waals surface area contributed by atoms with Crippen molar-refractivity contribution < 1.29 is 9.72 Å². The summed E-state index contributed by atoms with van der Waals surface area (Å²) in [7, 11) is 0. The Morgan fingerprint density at radius 2 is 2.12 bits per heavy atom. The molecule has 0 saturated heterocycles. The van der Waals surface area contributed by atoms with E-state index in [0.29, 0.717) is 0 Å². The molecule has 0 aromatic heterocycles. The van der Waals surface area contributed by atoms with Crippen LogP contribution in [0.5, 0.6) is 0 Å². The van der Waals surface area contributed by atoms with E-state index in [1.165, 1.54) is 12.1 Å². The molecule has 1 rings (SSSR count). The Bertz CT molecular complexity index is 498. The molecular formula is C8H8ClN5O3. The largest absolute Gasteiger partial charge is 0.370 e. The number of rotatable bonds is 2. The molecule has 0 aliphatic rings. The fourth-order valence-corrected chi connectivity index (χ4v) is 1.25. The number of nitrogens with zero attached hydrogens (tertiary/aromatic N) is 2. The minimum Gasteiger partial charge on any atom is -0.370 e. The van der Waals surface area contributed by atoms with Crippen molar-refractivity contribution in [2.24, 2.45) is 16.5 Å². The van der Waals surface area contributed by atoms with Crippen molar-refractivity contribution in [2.45, 2.75) is 0 Å². The van der Waals surface area contributed by atoms with Crippen LogP contribution in [-0.2, 0) is 0 Å². The fraction of sp³-hybridized carbons (Fsp3) is 0. The highest BCUT2D eigenvalue weighted by Crippen LogP contribution is 2.27. The topological polar surface area (TPSA) is 137 Å². The number of nitrogens with two attached hydrogens (primary N) is 2. The number of anilines is 1. The highest BCUT2D eigenvalue weighted by Gasteiger charge is 2.12. The predicted octanol–water partition coefficient (Wildman–Crippen LogP) is 1.05. The van der Waals surface area contributed by atoms with Crippen LogP contribution in [0.25, 0.3) is 0 Å². The zero-order valence-corrected chi connectivity index (χ0v) is 9.14. The Kier molecular flexibility index (Phi) is 3.83. The van der Waals surface area contributed by atoms with Gasteiger partial charge in [-0.1, -0.05) is 11.6 Å². The van der Waals surface area contributed by atoms with Gasteiger partial charge in [-0.25, -0.2) is 4.79 Å². The Morgan fingerprint density at radius 3 is 2.59 bits per heavy atom. The third-order valence-electron chi connectivity index (χ3n) is 1.63. The van der Waals surface area contributed by atoms with Gasteiger partial charge in [-0.2, -0.15) is 4.99 Å². The molecule has 90 valence electrons. The number of carbonyl (C=O) groups excluding carboxylic acids is 1. The summed E-state index contributed by atoms with van der Waals surface area (Å²) >= 11 is 5.64. The number of nitro benzene ring substituents is 1. The van der Waals surface area contributed by atoms with Crippen molar-refractivity contribution in [3.05, 3.63) is 33.3 Å². The van der Waals surface area contributed by atoms with Crippen molar-refractivity contribution in [1.29, 1.82) is 0 Å². The minimum absolute atomic E-state index is 0.0995. The van der Waals surface area contributed by atoms with Crippen molar-refractivity contribution in [2.75, 3.05) is 5.32 Å². The standard InChI is InChI=1S/C8H8ClN5O3/c9-5-3-4(1-2-6(5)14(16)17)12-8(15)13-7(10)11/h1-3H,(H5,10,11,12,13,15). The molecule has 0 saturated carbocycles. The van der Waals surface area contributed by atoms with Gasteiger partial charge in [0.2, 0.25) is 0 Å². The number of nitrogens with one attached hydrogen (secondary N) is 1. The lowest BCUT2D eigenvalue weighted by molar-refractivity contribution is -0.384. The second kappa shape index (κ2) is 5.12. The van der Waals surface area contributed by atoms with Gasteiger partial charge in [-0.15, -0.1) is 0 Å². The molecule has 5 N–H and O–H groups in total. The van der Waals surface area contributed by atoms with Crippen molar-refractivity contribution in [1.82, 2.24) is 0 Å². The van der Waals surface area contributed by atoms with Gasteiger partial charge in [0, 0.05) is 11.8 Å². The molecule has 0 aliphatic carbocycles. The number of amides is 2. The lowest BCUT2D eigenvalue weighted by Crippen LogP contribution is -2.25. The summed E-state index contributed by atoms with van der Waals surface area (Å²) in [4.78, 5) is 24.2.